The number of para-hydroxylation sites is 1. The highest BCUT2D eigenvalue weighted by molar-refractivity contribution is 7.89. The van der Waals surface area contributed by atoms with Crippen molar-refractivity contribution >= 4 is 32.5 Å². The lowest BCUT2D eigenvalue weighted by molar-refractivity contribution is 0.157. The zero-order valence-electron chi connectivity index (χ0n) is 18.7. The van der Waals surface area contributed by atoms with Gasteiger partial charge in [-0.3, -0.25) is 4.98 Å². The Morgan fingerprint density at radius 1 is 0.970 bits per heavy atom. The normalized spacial score (nSPS) is 18.2. The van der Waals surface area contributed by atoms with Crippen molar-refractivity contribution in [3.8, 4) is 0 Å². The highest BCUT2D eigenvalue weighted by Crippen LogP contribution is 2.35. The highest BCUT2D eigenvalue weighted by Gasteiger charge is 2.38. The Morgan fingerprint density at radius 3 is 2.42 bits per heavy atom. The molecule has 1 aliphatic carbocycles. The van der Waals surface area contributed by atoms with Crippen molar-refractivity contribution in [1.29, 1.82) is 0 Å². The maximum atomic E-state index is 13.9. The molecule has 33 heavy (non-hydrogen) atoms. The van der Waals surface area contributed by atoms with E-state index in [0.29, 0.717) is 22.9 Å². The van der Waals surface area contributed by atoms with E-state index < -0.39 is 10.0 Å². The number of hydrogen-bond donors (Lipinski definition) is 0. The fourth-order valence-corrected chi connectivity index (χ4v) is 6.83. The Hall–Kier alpha value is -1.99. The van der Waals surface area contributed by atoms with Crippen LogP contribution in [0.25, 0.3) is 10.9 Å². The molecule has 2 fully saturated rings. The van der Waals surface area contributed by atoms with Crippen LogP contribution in [0.5, 0.6) is 0 Å². The number of aromatic nitrogens is 1. The molecule has 0 spiro atoms. The summed E-state index contributed by atoms with van der Waals surface area (Å²) in [5.41, 5.74) is 1.85. The molecule has 0 atom stereocenters. The predicted molar refractivity (Wildman–Crippen MR) is 133 cm³/mol. The first-order chi connectivity index (χ1) is 16.0. The van der Waals surface area contributed by atoms with Gasteiger partial charge in [0.1, 0.15) is 4.90 Å². The quantitative estimate of drug-likeness (QED) is 0.452. The molecule has 3 aromatic rings. The summed E-state index contributed by atoms with van der Waals surface area (Å²) in [6.45, 7) is 3.45. The van der Waals surface area contributed by atoms with Gasteiger partial charge in [-0.25, -0.2) is 8.42 Å². The fraction of sp³-hybridized carbons (Fsp3) is 0.423. The minimum Gasteiger partial charge on any atom is -0.303 e. The van der Waals surface area contributed by atoms with E-state index in [1.54, 1.807) is 12.3 Å². The van der Waals surface area contributed by atoms with Crippen LogP contribution in [0.1, 0.15) is 31.2 Å². The van der Waals surface area contributed by atoms with E-state index >= 15 is 0 Å². The van der Waals surface area contributed by atoms with Gasteiger partial charge in [-0.05, 0) is 80.9 Å². The largest absolute Gasteiger partial charge is 0.303 e. The van der Waals surface area contributed by atoms with Crippen molar-refractivity contribution in [2.75, 3.05) is 26.2 Å². The van der Waals surface area contributed by atoms with Crippen LogP contribution in [0, 0.1) is 5.92 Å². The van der Waals surface area contributed by atoms with Gasteiger partial charge in [0.15, 0.2) is 0 Å². The lowest BCUT2D eigenvalue weighted by Gasteiger charge is -2.38. The van der Waals surface area contributed by atoms with E-state index in [-0.39, 0.29) is 6.04 Å². The second-order valence-electron chi connectivity index (χ2n) is 9.30. The SMILES string of the molecule is O=S(=O)(c1cccc2cccnc12)N(CC1CC1)C1CCN(CCc2ccc(Cl)cc2)CC1. The van der Waals surface area contributed by atoms with Gasteiger partial charge in [0.05, 0.1) is 5.52 Å². The summed E-state index contributed by atoms with van der Waals surface area (Å²) < 4.78 is 29.6. The number of pyridine rings is 1. The van der Waals surface area contributed by atoms with Crippen LogP contribution >= 0.6 is 11.6 Å². The molecule has 2 aromatic carbocycles. The second kappa shape index (κ2) is 9.71. The fourth-order valence-electron chi connectivity index (χ4n) is 4.78. The lowest BCUT2D eigenvalue weighted by Crippen LogP contribution is -2.48. The molecule has 1 saturated carbocycles. The van der Waals surface area contributed by atoms with Crippen LogP contribution in [0.4, 0.5) is 0 Å². The highest BCUT2D eigenvalue weighted by atomic mass is 35.5. The Balaban J connectivity index is 1.30. The van der Waals surface area contributed by atoms with E-state index in [1.165, 1.54) is 5.56 Å². The number of rotatable bonds is 8. The zero-order valence-corrected chi connectivity index (χ0v) is 20.3. The van der Waals surface area contributed by atoms with Crippen LogP contribution in [0.2, 0.25) is 5.02 Å². The van der Waals surface area contributed by atoms with Gasteiger partial charge in [0, 0.05) is 35.7 Å². The average molecular weight is 484 g/mol. The third kappa shape index (κ3) is 5.24. The molecule has 0 radical (unpaired) electrons. The maximum Gasteiger partial charge on any atom is 0.245 e. The predicted octanol–water partition coefficient (Wildman–Crippen LogP) is 5.00. The molecule has 174 valence electrons. The molecule has 1 aromatic heterocycles. The number of halogens is 1. The lowest BCUT2D eigenvalue weighted by atomic mass is 10.0. The third-order valence-electron chi connectivity index (χ3n) is 6.91. The minimum atomic E-state index is -3.62. The zero-order chi connectivity index (χ0) is 22.8. The molecule has 1 aliphatic heterocycles. The van der Waals surface area contributed by atoms with Crippen LogP contribution in [0.15, 0.2) is 65.7 Å². The van der Waals surface area contributed by atoms with Gasteiger partial charge in [-0.1, -0.05) is 41.9 Å². The number of likely N-dealkylation sites (tertiary alicyclic amines) is 1. The first-order valence-corrected chi connectivity index (χ1v) is 13.6. The van der Waals surface area contributed by atoms with Crippen LogP contribution in [-0.4, -0.2) is 54.8 Å². The summed E-state index contributed by atoms with van der Waals surface area (Å²) in [6.07, 6.45) is 6.63. The van der Waals surface area contributed by atoms with Crippen LogP contribution < -0.4 is 0 Å². The molecule has 5 rings (SSSR count). The first kappa shape index (κ1) is 22.8. The van der Waals surface area contributed by atoms with E-state index in [2.05, 4.69) is 22.0 Å². The van der Waals surface area contributed by atoms with Gasteiger partial charge in [0.25, 0.3) is 0 Å². The second-order valence-corrected chi connectivity index (χ2v) is 11.6. The summed E-state index contributed by atoms with van der Waals surface area (Å²) in [5, 5.41) is 1.62. The molecule has 1 saturated heterocycles. The van der Waals surface area contributed by atoms with E-state index in [0.717, 1.165) is 62.1 Å². The first-order valence-electron chi connectivity index (χ1n) is 11.8. The summed E-state index contributed by atoms with van der Waals surface area (Å²) >= 11 is 5.99. The van der Waals surface area contributed by atoms with Crippen LogP contribution in [-0.2, 0) is 16.4 Å². The molecule has 0 amide bonds. The number of hydrogen-bond acceptors (Lipinski definition) is 4. The summed E-state index contributed by atoms with van der Waals surface area (Å²) in [7, 11) is -3.62. The summed E-state index contributed by atoms with van der Waals surface area (Å²) in [6, 6.07) is 17.3. The summed E-state index contributed by atoms with van der Waals surface area (Å²) in [4.78, 5) is 7.21. The van der Waals surface area contributed by atoms with Gasteiger partial charge < -0.3 is 4.90 Å². The Kier molecular flexibility index (Phi) is 6.70. The maximum absolute atomic E-state index is 13.9. The van der Waals surface area contributed by atoms with Crippen molar-refractivity contribution in [2.24, 2.45) is 5.92 Å². The number of fused-ring (bicyclic) bond motifs is 1. The van der Waals surface area contributed by atoms with Gasteiger partial charge in [-0.15, -0.1) is 0 Å². The average Bonchev–Trinajstić information content (AvgIpc) is 3.66. The van der Waals surface area contributed by atoms with Gasteiger partial charge in [-0.2, -0.15) is 4.31 Å². The van der Waals surface area contributed by atoms with E-state index in [4.69, 9.17) is 11.6 Å². The molecule has 0 N–H and O–H groups in total. The molecule has 7 heteroatoms. The number of piperidine rings is 1. The Labute approximate surface area is 201 Å². The Bertz CT molecular complexity index is 1200. The number of sulfonamides is 1. The molecule has 2 heterocycles. The summed E-state index contributed by atoms with van der Waals surface area (Å²) in [5.74, 6) is 0.491. The van der Waals surface area contributed by atoms with Crippen molar-refractivity contribution in [3.63, 3.8) is 0 Å². The van der Waals surface area contributed by atoms with Crippen molar-refractivity contribution in [2.45, 2.75) is 43.0 Å². The van der Waals surface area contributed by atoms with E-state index in [1.807, 2.05) is 40.7 Å². The smallest absolute Gasteiger partial charge is 0.245 e. The van der Waals surface area contributed by atoms with Gasteiger partial charge in [0.2, 0.25) is 10.0 Å². The molecular formula is C26H30ClN3O2S. The molecule has 5 nitrogen and oxygen atoms in total. The Morgan fingerprint density at radius 2 is 1.70 bits per heavy atom. The number of nitrogens with zero attached hydrogens (tertiary/aromatic N) is 3. The molecule has 0 bridgehead atoms. The molecule has 0 unspecified atom stereocenters. The van der Waals surface area contributed by atoms with Crippen molar-refractivity contribution in [3.05, 3.63) is 71.4 Å². The molecule has 2 aliphatic rings. The third-order valence-corrected chi connectivity index (χ3v) is 9.11. The topological polar surface area (TPSA) is 53.5 Å². The number of benzene rings is 2. The monoisotopic (exact) mass is 483 g/mol. The van der Waals surface area contributed by atoms with Crippen molar-refractivity contribution < 1.29 is 8.42 Å². The van der Waals surface area contributed by atoms with E-state index in [9.17, 15) is 8.42 Å². The van der Waals surface area contributed by atoms with Gasteiger partial charge >= 0.3 is 0 Å². The van der Waals surface area contributed by atoms with Crippen molar-refractivity contribution in [1.82, 2.24) is 14.2 Å². The van der Waals surface area contributed by atoms with Crippen LogP contribution in [0.3, 0.4) is 0 Å². The minimum absolute atomic E-state index is 0.0429. The standard InChI is InChI=1S/C26H30ClN3O2S/c27-23-10-8-20(9-11-23)12-16-29-17-13-24(14-18-29)30(19-21-6-7-21)33(31,32)25-5-1-3-22-4-2-15-28-26(22)25/h1-5,8-11,15,21,24H,6-7,12-14,16-19H2. The molecular weight excluding hydrogens is 454 g/mol.